The Morgan fingerprint density at radius 2 is 1.81 bits per heavy atom. The van der Waals surface area contributed by atoms with Crippen molar-refractivity contribution in [2.45, 2.75) is 26.0 Å². The maximum atomic E-state index is 12.7. The fraction of sp³-hybridized carbons (Fsp3) is 0.167. The molecule has 0 unspecified atom stereocenters. The zero-order valence-electron chi connectivity index (χ0n) is 17.9. The van der Waals surface area contributed by atoms with Crippen LogP contribution >= 0.6 is 11.8 Å². The number of thioether (sulfide) groups is 1. The van der Waals surface area contributed by atoms with E-state index in [0.29, 0.717) is 22.5 Å². The molecule has 0 aliphatic heterocycles. The van der Waals surface area contributed by atoms with Crippen molar-refractivity contribution in [2.75, 3.05) is 11.1 Å². The van der Waals surface area contributed by atoms with Gasteiger partial charge in [0, 0.05) is 16.9 Å². The summed E-state index contributed by atoms with van der Waals surface area (Å²) in [6.45, 7) is 5.81. The van der Waals surface area contributed by atoms with Gasteiger partial charge in [-0.3, -0.25) is 9.36 Å². The molecule has 0 atom stereocenters. The highest BCUT2D eigenvalue weighted by Gasteiger charge is 2.21. The molecule has 0 spiro atoms. The van der Waals surface area contributed by atoms with Gasteiger partial charge in [0.2, 0.25) is 11.8 Å². The highest BCUT2D eigenvalue weighted by molar-refractivity contribution is 7.99. The van der Waals surface area contributed by atoms with E-state index in [1.165, 1.54) is 0 Å². The number of benzene rings is 2. The van der Waals surface area contributed by atoms with Crippen molar-refractivity contribution in [3.05, 3.63) is 77.0 Å². The zero-order chi connectivity index (χ0) is 22.7. The molecule has 0 saturated carbocycles. The Hall–Kier alpha value is -3.83. The smallest absolute Gasteiger partial charge is 0.277 e. The number of aromatic nitrogens is 3. The Labute approximate surface area is 190 Å². The van der Waals surface area contributed by atoms with E-state index >= 15 is 0 Å². The third kappa shape index (κ3) is 4.29. The molecule has 1 amide bonds. The van der Waals surface area contributed by atoms with Gasteiger partial charge < -0.3 is 9.73 Å². The minimum absolute atomic E-state index is 0.0679. The first-order chi connectivity index (χ1) is 15.5. The third-order valence-electron chi connectivity index (χ3n) is 5.13. The lowest BCUT2D eigenvalue weighted by atomic mass is 10.1. The van der Waals surface area contributed by atoms with Crippen LogP contribution in [-0.2, 0) is 4.79 Å². The minimum Gasteiger partial charge on any atom is -0.411 e. The fourth-order valence-electron chi connectivity index (χ4n) is 3.34. The quantitative estimate of drug-likeness (QED) is 0.419. The molecule has 4 rings (SSSR count). The van der Waals surface area contributed by atoms with Gasteiger partial charge in [-0.25, -0.2) is 0 Å². The minimum atomic E-state index is -0.267. The van der Waals surface area contributed by atoms with Crippen LogP contribution in [0.3, 0.4) is 0 Å². The van der Waals surface area contributed by atoms with Crippen molar-refractivity contribution >= 4 is 23.5 Å². The summed E-state index contributed by atoms with van der Waals surface area (Å²) in [7, 11) is 0. The van der Waals surface area contributed by atoms with Crippen LogP contribution in [0.25, 0.3) is 17.1 Å². The van der Waals surface area contributed by atoms with Gasteiger partial charge in [-0.2, -0.15) is 5.26 Å². The highest BCUT2D eigenvalue weighted by atomic mass is 32.2. The molecule has 7 nitrogen and oxygen atoms in total. The maximum Gasteiger partial charge on any atom is 0.277 e. The average molecular weight is 444 g/mol. The van der Waals surface area contributed by atoms with Gasteiger partial charge >= 0.3 is 0 Å². The van der Waals surface area contributed by atoms with Crippen LogP contribution in [-0.4, -0.2) is 26.4 Å². The molecule has 0 aliphatic rings. The van der Waals surface area contributed by atoms with Crippen LogP contribution in [0.1, 0.15) is 22.4 Å². The molecule has 160 valence electrons. The molecule has 1 N–H and O–H groups in total. The molecule has 32 heavy (non-hydrogen) atoms. The van der Waals surface area contributed by atoms with Gasteiger partial charge in [0.05, 0.1) is 11.3 Å². The average Bonchev–Trinajstić information content (AvgIpc) is 3.36. The second-order valence-corrected chi connectivity index (χ2v) is 8.22. The van der Waals surface area contributed by atoms with Crippen molar-refractivity contribution in [2.24, 2.45) is 0 Å². The van der Waals surface area contributed by atoms with Crippen LogP contribution in [0, 0.1) is 32.1 Å². The Balaban J connectivity index is 1.50. The lowest BCUT2D eigenvalue weighted by Gasteiger charge is -2.12. The molecule has 0 aliphatic carbocycles. The number of anilines is 1. The summed E-state index contributed by atoms with van der Waals surface area (Å²) in [5.74, 6) is 0.670. The number of nitrogens with zero attached hydrogens (tertiary/aromatic N) is 4. The van der Waals surface area contributed by atoms with Crippen LogP contribution in [0.15, 0.2) is 64.2 Å². The van der Waals surface area contributed by atoms with Crippen molar-refractivity contribution in [3.8, 4) is 23.2 Å². The van der Waals surface area contributed by atoms with E-state index < -0.39 is 0 Å². The summed E-state index contributed by atoms with van der Waals surface area (Å²) in [5, 5.41) is 21.0. The number of aryl methyl sites for hydroxylation is 1. The van der Waals surface area contributed by atoms with Crippen LogP contribution in [0.4, 0.5) is 5.82 Å². The molecular formula is C24H21N5O2S. The van der Waals surface area contributed by atoms with Gasteiger partial charge in [-0.15, -0.1) is 10.2 Å². The largest absolute Gasteiger partial charge is 0.411 e. The number of para-hydroxylation sites is 1. The molecule has 2 aromatic carbocycles. The van der Waals surface area contributed by atoms with E-state index in [1.54, 1.807) is 0 Å². The monoisotopic (exact) mass is 443 g/mol. The first-order valence-corrected chi connectivity index (χ1v) is 11.0. The summed E-state index contributed by atoms with van der Waals surface area (Å²) in [6, 6.07) is 19.6. The number of hydrogen-bond donors (Lipinski definition) is 1. The van der Waals surface area contributed by atoms with Crippen molar-refractivity contribution in [3.63, 3.8) is 0 Å². The normalized spacial score (nSPS) is 10.7. The summed E-state index contributed by atoms with van der Waals surface area (Å²) in [4.78, 5) is 12.7. The molecule has 2 heterocycles. The Kier molecular flexibility index (Phi) is 6.10. The maximum absolute atomic E-state index is 12.7. The second kappa shape index (κ2) is 9.12. The molecular weight excluding hydrogens is 422 g/mol. The number of carbonyl (C=O) groups is 1. The number of rotatable bonds is 6. The van der Waals surface area contributed by atoms with Crippen molar-refractivity contribution in [1.82, 2.24) is 14.8 Å². The van der Waals surface area contributed by atoms with Gasteiger partial charge in [-0.05, 0) is 50.6 Å². The molecule has 8 heteroatoms. The van der Waals surface area contributed by atoms with Crippen LogP contribution in [0.5, 0.6) is 0 Å². The fourth-order valence-corrected chi connectivity index (χ4v) is 3.90. The predicted molar refractivity (Wildman–Crippen MR) is 124 cm³/mol. The van der Waals surface area contributed by atoms with Gasteiger partial charge in [0.1, 0.15) is 11.9 Å². The topological polar surface area (TPSA) is 96.7 Å². The number of nitriles is 1. The van der Waals surface area contributed by atoms with E-state index in [2.05, 4.69) is 21.6 Å². The van der Waals surface area contributed by atoms with E-state index in [-0.39, 0.29) is 11.7 Å². The molecule has 0 radical (unpaired) electrons. The predicted octanol–water partition coefficient (Wildman–Crippen LogP) is 5.06. The second-order valence-electron chi connectivity index (χ2n) is 7.29. The first kappa shape index (κ1) is 21.4. The van der Waals surface area contributed by atoms with E-state index in [4.69, 9.17) is 4.42 Å². The summed E-state index contributed by atoms with van der Waals surface area (Å²) in [5.41, 5.74) is 5.02. The van der Waals surface area contributed by atoms with Crippen molar-refractivity contribution < 1.29 is 9.21 Å². The lowest BCUT2D eigenvalue weighted by Crippen LogP contribution is -2.17. The summed E-state index contributed by atoms with van der Waals surface area (Å²) >= 11 is 1.15. The van der Waals surface area contributed by atoms with E-state index in [9.17, 15) is 10.1 Å². The molecule has 0 fully saturated rings. The van der Waals surface area contributed by atoms with E-state index in [1.807, 2.05) is 79.9 Å². The van der Waals surface area contributed by atoms with Gasteiger partial charge in [-0.1, -0.05) is 47.7 Å². The summed E-state index contributed by atoms with van der Waals surface area (Å²) < 4.78 is 7.56. The number of hydrogen-bond acceptors (Lipinski definition) is 6. The van der Waals surface area contributed by atoms with Crippen molar-refractivity contribution in [1.29, 1.82) is 5.26 Å². The molecule has 0 saturated heterocycles. The molecule has 0 bridgehead atoms. The first-order valence-electron chi connectivity index (χ1n) is 9.98. The van der Waals surface area contributed by atoms with Gasteiger partial charge in [0.25, 0.3) is 5.22 Å². The third-order valence-corrected chi connectivity index (χ3v) is 5.95. The number of carbonyl (C=O) groups excluding carboxylic acids is 1. The van der Waals surface area contributed by atoms with E-state index in [0.717, 1.165) is 39.8 Å². The SMILES string of the molecule is Cc1ccc(-c2nnc(SCC(=O)Nc3c(C#N)c(C)c(C)n3-c3ccccc3)o2)cc1. The van der Waals surface area contributed by atoms with Crippen LogP contribution < -0.4 is 5.32 Å². The molecule has 4 aromatic rings. The lowest BCUT2D eigenvalue weighted by molar-refractivity contribution is -0.113. The Bertz CT molecular complexity index is 1300. The zero-order valence-corrected chi connectivity index (χ0v) is 18.7. The van der Waals surface area contributed by atoms with Crippen LogP contribution in [0.2, 0.25) is 0 Å². The summed E-state index contributed by atoms with van der Waals surface area (Å²) in [6.07, 6.45) is 0. The highest BCUT2D eigenvalue weighted by Crippen LogP contribution is 2.30. The number of nitrogens with one attached hydrogen (secondary N) is 1. The molecule has 2 aromatic heterocycles. The van der Waals surface area contributed by atoms with Gasteiger partial charge in [0.15, 0.2) is 0 Å². The number of amides is 1. The Morgan fingerprint density at radius 3 is 2.50 bits per heavy atom. The Morgan fingerprint density at radius 1 is 1.09 bits per heavy atom. The standard InChI is InChI=1S/C24H21N5O2S/c1-15-9-11-18(12-10-15)23-27-28-24(31-23)32-14-21(30)26-22-20(13-25)16(2)17(3)29(22)19-7-5-4-6-8-19/h4-12H,14H2,1-3H3,(H,26,30).